The zero-order valence-corrected chi connectivity index (χ0v) is 20.2. The van der Waals surface area contributed by atoms with Gasteiger partial charge in [0.05, 0.1) is 11.1 Å². The molecule has 32 heavy (non-hydrogen) atoms. The fraction of sp³-hybridized carbons (Fsp3) is 0.417. The first-order valence-corrected chi connectivity index (χ1v) is 11.6. The normalized spacial score (nSPS) is 17.6. The highest BCUT2D eigenvalue weighted by atomic mass is 32.1. The van der Waals surface area contributed by atoms with E-state index in [0.717, 1.165) is 33.6 Å². The third kappa shape index (κ3) is 3.67. The monoisotopic (exact) mass is 448 g/mol. The first-order valence-electron chi connectivity index (χ1n) is 10.8. The van der Waals surface area contributed by atoms with E-state index in [1.807, 2.05) is 19.1 Å². The van der Waals surface area contributed by atoms with Crippen molar-refractivity contribution in [2.45, 2.75) is 65.6 Å². The molecule has 0 saturated heterocycles. The number of hydrogen-bond donors (Lipinski definition) is 1. The van der Waals surface area contributed by atoms with E-state index in [1.54, 1.807) is 22.2 Å². The number of fused-ring (bicyclic) bond motifs is 5. The molecule has 166 valence electrons. The molecule has 0 aliphatic carbocycles. The van der Waals surface area contributed by atoms with E-state index in [1.165, 1.54) is 16.0 Å². The van der Waals surface area contributed by atoms with Gasteiger partial charge in [-0.2, -0.15) is 0 Å². The van der Waals surface area contributed by atoms with E-state index in [2.05, 4.69) is 67.3 Å². The van der Waals surface area contributed by atoms with Crippen LogP contribution in [0.1, 0.15) is 62.0 Å². The smallest absolute Gasteiger partial charge is 0.192 e. The number of rotatable bonds is 4. The van der Waals surface area contributed by atoms with Crippen LogP contribution in [0.3, 0.4) is 0 Å². The summed E-state index contributed by atoms with van der Waals surface area (Å²) in [5.41, 5.74) is 5.10. The third-order valence-corrected chi connectivity index (χ3v) is 7.34. The van der Waals surface area contributed by atoms with Gasteiger partial charge in [-0.25, -0.2) is 14.5 Å². The molecule has 0 atom stereocenters. The lowest BCUT2D eigenvalue weighted by Crippen LogP contribution is -2.54. The highest BCUT2D eigenvalue weighted by Crippen LogP contribution is 2.44. The SMILES string of the molecule is C/C(=N/OCc1nc2c3c4c(sc3ncn2n1)C(C)(C)NC(C)(C)C4)c1ccc(C)cc1. The molecule has 0 unspecified atom stereocenters. The molecule has 4 heterocycles. The molecule has 0 bridgehead atoms. The predicted molar refractivity (Wildman–Crippen MR) is 128 cm³/mol. The van der Waals surface area contributed by atoms with E-state index in [4.69, 9.17) is 9.82 Å². The predicted octanol–water partition coefficient (Wildman–Crippen LogP) is 4.75. The number of aryl methyl sites for hydroxylation is 1. The Kier molecular flexibility index (Phi) is 4.83. The van der Waals surface area contributed by atoms with Crippen LogP contribution in [0.15, 0.2) is 35.7 Å². The van der Waals surface area contributed by atoms with Crippen molar-refractivity contribution in [3.8, 4) is 0 Å². The third-order valence-electron chi connectivity index (χ3n) is 5.87. The van der Waals surface area contributed by atoms with E-state index >= 15 is 0 Å². The molecule has 5 rings (SSSR count). The molecule has 7 nitrogen and oxygen atoms in total. The summed E-state index contributed by atoms with van der Waals surface area (Å²) in [6.07, 6.45) is 2.66. The summed E-state index contributed by atoms with van der Waals surface area (Å²) in [5.74, 6) is 0.590. The lowest BCUT2D eigenvalue weighted by Gasteiger charge is -2.42. The summed E-state index contributed by atoms with van der Waals surface area (Å²) in [6.45, 7) is 13.2. The molecule has 0 spiro atoms. The van der Waals surface area contributed by atoms with E-state index in [-0.39, 0.29) is 17.7 Å². The maximum atomic E-state index is 5.59. The number of nitrogens with one attached hydrogen (secondary N) is 1. The quantitative estimate of drug-likeness (QED) is 0.360. The second kappa shape index (κ2) is 7.35. The molecule has 1 aromatic carbocycles. The molecular formula is C24H28N6OS. The Hall–Kier alpha value is -2.84. The topological polar surface area (TPSA) is 76.7 Å². The minimum atomic E-state index is -0.117. The Morgan fingerprint density at radius 2 is 1.97 bits per heavy atom. The fourth-order valence-corrected chi connectivity index (χ4v) is 5.87. The summed E-state index contributed by atoms with van der Waals surface area (Å²) in [4.78, 5) is 17.4. The minimum absolute atomic E-state index is 0.00842. The average molecular weight is 449 g/mol. The Bertz CT molecular complexity index is 1350. The number of nitrogens with zero attached hydrogens (tertiary/aromatic N) is 5. The van der Waals surface area contributed by atoms with Crippen molar-refractivity contribution >= 4 is 32.9 Å². The van der Waals surface area contributed by atoms with E-state index in [0.29, 0.717) is 5.82 Å². The summed E-state index contributed by atoms with van der Waals surface area (Å²) < 4.78 is 1.76. The molecular weight excluding hydrogens is 420 g/mol. The zero-order chi connectivity index (χ0) is 22.7. The standard InChI is InChI=1S/C24H28N6OS/c1-14-7-9-16(10-8-14)15(2)28-31-12-18-26-21-19-17-11-23(3,4)29-24(5,6)20(17)32-22(19)25-13-30(21)27-18/h7-10,13,29H,11-12H2,1-6H3/b28-15-. The van der Waals surface area contributed by atoms with Crippen LogP contribution in [0.5, 0.6) is 0 Å². The lowest BCUT2D eigenvalue weighted by atomic mass is 9.82. The van der Waals surface area contributed by atoms with Gasteiger partial charge >= 0.3 is 0 Å². The molecule has 8 heteroatoms. The Morgan fingerprint density at radius 1 is 1.22 bits per heavy atom. The van der Waals surface area contributed by atoms with E-state index < -0.39 is 0 Å². The molecule has 1 N–H and O–H groups in total. The van der Waals surface area contributed by atoms with Gasteiger partial charge in [0.15, 0.2) is 18.1 Å². The van der Waals surface area contributed by atoms with Crippen molar-refractivity contribution < 1.29 is 4.84 Å². The molecule has 3 aromatic heterocycles. The summed E-state index contributed by atoms with van der Waals surface area (Å²) in [6, 6.07) is 8.22. The van der Waals surface area contributed by atoms with Crippen molar-refractivity contribution in [3.63, 3.8) is 0 Å². The van der Waals surface area contributed by atoms with Gasteiger partial charge in [0, 0.05) is 16.0 Å². The van der Waals surface area contributed by atoms with Gasteiger partial charge < -0.3 is 10.2 Å². The van der Waals surface area contributed by atoms with Crippen LogP contribution in [0.25, 0.3) is 15.9 Å². The first kappa shape index (κ1) is 21.0. The van der Waals surface area contributed by atoms with E-state index in [9.17, 15) is 0 Å². The van der Waals surface area contributed by atoms with Crippen molar-refractivity contribution in [1.82, 2.24) is 24.9 Å². The van der Waals surface area contributed by atoms with Gasteiger partial charge in [-0.1, -0.05) is 35.0 Å². The minimum Gasteiger partial charge on any atom is -0.387 e. The Morgan fingerprint density at radius 3 is 2.72 bits per heavy atom. The van der Waals surface area contributed by atoms with Crippen LogP contribution in [-0.2, 0) is 23.4 Å². The van der Waals surface area contributed by atoms with Gasteiger partial charge in [-0.05, 0) is 59.1 Å². The number of hydrogen-bond acceptors (Lipinski definition) is 7. The maximum Gasteiger partial charge on any atom is 0.192 e. The molecule has 4 aromatic rings. The molecule has 0 saturated carbocycles. The van der Waals surface area contributed by atoms with Crippen molar-refractivity contribution in [3.05, 3.63) is 58.0 Å². The highest BCUT2D eigenvalue weighted by Gasteiger charge is 2.39. The van der Waals surface area contributed by atoms with Gasteiger partial charge in [-0.15, -0.1) is 16.4 Å². The molecule has 1 aliphatic heterocycles. The second-order valence-corrected chi connectivity index (χ2v) is 10.8. The van der Waals surface area contributed by atoms with Gasteiger partial charge in [-0.3, -0.25) is 0 Å². The lowest BCUT2D eigenvalue weighted by molar-refractivity contribution is 0.125. The zero-order valence-electron chi connectivity index (χ0n) is 19.4. The van der Waals surface area contributed by atoms with Gasteiger partial charge in [0.25, 0.3) is 0 Å². The number of thiophene rings is 1. The summed E-state index contributed by atoms with van der Waals surface area (Å²) >= 11 is 1.74. The molecule has 1 aliphatic rings. The van der Waals surface area contributed by atoms with Crippen LogP contribution in [-0.4, -0.2) is 30.8 Å². The van der Waals surface area contributed by atoms with Crippen molar-refractivity contribution in [2.75, 3.05) is 0 Å². The Labute approximate surface area is 191 Å². The molecule has 0 fully saturated rings. The van der Waals surface area contributed by atoms with Crippen molar-refractivity contribution in [2.24, 2.45) is 5.16 Å². The second-order valence-electron chi connectivity index (χ2n) is 9.76. The maximum absolute atomic E-state index is 5.59. The molecule has 0 radical (unpaired) electrons. The van der Waals surface area contributed by atoms with Gasteiger partial charge in [0.1, 0.15) is 11.2 Å². The van der Waals surface area contributed by atoms with Crippen molar-refractivity contribution in [1.29, 1.82) is 0 Å². The van der Waals surface area contributed by atoms with Crippen LogP contribution >= 0.6 is 11.3 Å². The summed E-state index contributed by atoms with van der Waals surface area (Å²) in [5, 5.41) is 13.7. The highest BCUT2D eigenvalue weighted by molar-refractivity contribution is 7.19. The summed E-state index contributed by atoms with van der Waals surface area (Å²) in [7, 11) is 0. The average Bonchev–Trinajstić information content (AvgIpc) is 3.28. The van der Waals surface area contributed by atoms with Crippen LogP contribution in [0.4, 0.5) is 0 Å². The molecule has 0 amide bonds. The number of oxime groups is 1. The number of benzene rings is 1. The fourth-order valence-electron chi connectivity index (χ4n) is 4.66. The van der Waals surface area contributed by atoms with Gasteiger partial charge in [0.2, 0.25) is 0 Å². The first-order chi connectivity index (χ1) is 15.1. The largest absolute Gasteiger partial charge is 0.387 e. The van der Waals surface area contributed by atoms with Crippen LogP contribution < -0.4 is 5.32 Å². The Balaban J connectivity index is 1.47. The van der Waals surface area contributed by atoms with Crippen LogP contribution in [0.2, 0.25) is 0 Å². The van der Waals surface area contributed by atoms with Crippen LogP contribution in [0, 0.1) is 6.92 Å². The number of aromatic nitrogens is 4.